The molecule has 2 aromatic rings. The van der Waals surface area contributed by atoms with Crippen molar-refractivity contribution >= 4 is 23.5 Å². The second kappa shape index (κ2) is 7.74. The van der Waals surface area contributed by atoms with Crippen LogP contribution in [0.15, 0.2) is 32.9 Å². The average Bonchev–Trinajstić information content (AvgIpc) is 2.90. The zero-order chi connectivity index (χ0) is 22.6. The number of pyridine rings is 1. The van der Waals surface area contributed by atoms with Crippen molar-refractivity contribution in [1.29, 1.82) is 0 Å². The largest absolute Gasteiger partial charge is 0.382 e. The number of alkyl halides is 2. The van der Waals surface area contributed by atoms with Crippen molar-refractivity contribution in [2.24, 2.45) is 24.1 Å². The Balaban J connectivity index is 1.57. The maximum Gasteiger partial charge on any atom is 0.270 e. The summed E-state index contributed by atoms with van der Waals surface area (Å²) in [4.78, 5) is 24.9. The molecule has 0 unspecified atom stereocenters. The number of aryl methyl sites for hydroxylation is 1. The van der Waals surface area contributed by atoms with Crippen molar-refractivity contribution in [3.63, 3.8) is 0 Å². The van der Waals surface area contributed by atoms with E-state index in [-0.39, 0.29) is 11.4 Å². The van der Waals surface area contributed by atoms with Crippen LogP contribution >= 0.6 is 11.8 Å². The number of piperidine rings is 1. The highest BCUT2D eigenvalue weighted by molar-refractivity contribution is 7.99. The van der Waals surface area contributed by atoms with E-state index >= 15 is 0 Å². The van der Waals surface area contributed by atoms with Crippen molar-refractivity contribution < 1.29 is 8.78 Å². The molecule has 1 saturated heterocycles. The predicted octanol–water partition coefficient (Wildman–Crippen LogP) is 2.81. The minimum atomic E-state index is -2.85. The van der Waals surface area contributed by atoms with E-state index in [9.17, 15) is 13.6 Å². The second-order valence-electron chi connectivity index (χ2n) is 8.79. The van der Waals surface area contributed by atoms with Crippen molar-refractivity contribution in [3.05, 3.63) is 34.4 Å². The molecular weight excluding hydrogens is 422 g/mol. The topological polar surface area (TPSA) is 103 Å². The first-order valence-corrected chi connectivity index (χ1v) is 11.2. The van der Waals surface area contributed by atoms with E-state index in [1.165, 1.54) is 16.3 Å². The van der Waals surface area contributed by atoms with Gasteiger partial charge in [0.1, 0.15) is 10.7 Å². The lowest BCUT2D eigenvalue weighted by Gasteiger charge is -2.43. The predicted molar refractivity (Wildman–Crippen MR) is 118 cm³/mol. The van der Waals surface area contributed by atoms with E-state index in [1.54, 1.807) is 26.2 Å². The van der Waals surface area contributed by atoms with E-state index in [4.69, 9.17) is 11.5 Å². The van der Waals surface area contributed by atoms with E-state index in [0.717, 1.165) is 10.6 Å². The molecule has 7 nitrogen and oxygen atoms in total. The third-order valence-electron chi connectivity index (χ3n) is 6.91. The van der Waals surface area contributed by atoms with Crippen LogP contribution < -0.4 is 21.9 Å². The standard InChI is InChI=1S/C21H28F2N6OS/c1-12-11-20(18(25)21(12,22)23)6-9-29(10-7-20)19-27-16(24)15(17(30)28(19)3)31-14-5-4-8-26-13(14)2/h4-5,8,12,18H,6-7,9-11,24-25H2,1-3H3/t12-,18+/m1/s1. The van der Waals surface area contributed by atoms with Crippen molar-refractivity contribution in [3.8, 4) is 0 Å². The molecule has 4 N–H and O–H groups in total. The molecule has 2 aliphatic rings. The number of hydrogen-bond donors (Lipinski definition) is 2. The third-order valence-corrected chi connectivity index (χ3v) is 8.15. The van der Waals surface area contributed by atoms with E-state index in [0.29, 0.717) is 43.2 Å². The van der Waals surface area contributed by atoms with E-state index in [1.807, 2.05) is 17.9 Å². The summed E-state index contributed by atoms with van der Waals surface area (Å²) in [7, 11) is 1.66. The van der Waals surface area contributed by atoms with Gasteiger partial charge in [-0.05, 0) is 43.7 Å². The van der Waals surface area contributed by atoms with E-state index < -0.39 is 23.3 Å². The summed E-state index contributed by atoms with van der Waals surface area (Å²) in [6.45, 7) is 4.45. The molecule has 1 saturated carbocycles. The van der Waals surface area contributed by atoms with Gasteiger partial charge in [-0.15, -0.1) is 0 Å². The molecule has 0 aromatic carbocycles. The van der Waals surface area contributed by atoms with Crippen LogP contribution in [-0.2, 0) is 7.05 Å². The summed E-state index contributed by atoms with van der Waals surface area (Å²) in [5, 5.41) is 0. The van der Waals surface area contributed by atoms with Gasteiger partial charge in [0, 0.05) is 37.1 Å². The number of rotatable bonds is 3. The molecule has 0 radical (unpaired) electrons. The molecule has 0 bridgehead atoms. The highest BCUT2D eigenvalue weighted by Gasteiger charge is 2.61. The Kier molecular flexibility index (Phi) is 5.49. The molecule has 1 aliphatic heterocycles. The van der Waals surface area contributed by atoms with Gasteiger partial charge in [-0.1, -0.05) is 18.7 Å². The number of anilines is 2. The van der Waals surface area contributed by atoms with Crippen LogP contribution in [0.2, 0.25) is 0 Å². The molecule has 168 valence electrons. The summed E-state index contributed by atoms with van der Waals surface area (Å²) in [5.74, 6) is -2.96. The first kappa shape index (κ1) is 22.0. The molecule has 31 heavy (non-hydrogen) atoms. The fourth-order valence-corrected chi connectivity index (χ4v) is 5.85. The van der Waals surface area contributed by atoms with Crippen LogP contribution in [0.1, 0.15) is 31.9 Å². The molecule has 0 amide bonds. The van der Waals surface area contributed by atoms with Crippen LogP contribution in [0.4, 0.5) is 20.5 Å². The maximum absolute atomic E-state index is 14.4. The normalized spacial score (nSPS) is 24.6. The first-order valence-electron chi connectivity index (χ1n) is 10.4. The number of nitrogens with zero attached hydrogens (tertiary/aromatic N) is 4. The lowest BCUT2D eigenvalue weighted by atomic mass is 9.74. The Morgan fingerprint density at radius 1 is 1.29 bits per heavy atom. The van der Waals surface area contributed by atoms with Gasteiger partial charge in [0.15, 0.2) is 0 Å². The SMILES string of the molecule is Cc1ncccc1Sc1c(N)nc(N2CCC3(CC2)C[C@@H](C)C(F)(F)[C@H]3N)n(C)c1=O. The maximum atomic E-state index is 14.4. The molecule has 1 spiro atoms. The fraction of sp³-hybridized carbons (Fsp3) is 0.571. The lowest BCUT2D eigenvalue weighted by Crippen LogP contribution is -2.53. The Labute approximate surface area is 184 Å². The van der Waals surface area contributed by atoms with Crippen molar-refractivity contribution in [2.75, 3.05) is 23.7 Å². The molecule has 2 aromatic heterocycles. The van der Waals surface area contributed by atoms with Gasteiger partial charge in [-0.25, -0.2) is 8.78 Å². The number of aromatic nitrogens is 3. The molecule has 10 heteroatoms. The number of nitrogen functional groups attached to an aromatic ring is 1. The number of hydrogen-bond acceptors (Lipinski definition) is 7. The number of halogens is 2. The summed E-state index contributed by atoms with van der Waals surface area (Å²) in [5.41, 5.74) is 12.2. The van der Waals surface area contributed by atoms with Crippen LogP contribution in [-0.4, -0.2) is 39.6 Å². The molecule has 1 aliphatic carbocycles. The van der Waals surface area contributed by atoms with Gasteiger partial charge in [-0.2, -0.15) is 4.98 Å². The van der Waals surface area contributed by atoms with Crippen molar-refractivity contribution in [2.45, 2.75) is 54.9 Å². The number of nitrogens with two attached hydrogens (primary N) is 2. The fourth-order valence-electron chi connectivity index (χ4n) is 4.91. The van der Waals surface area contributed by atoms with Gasteiger partial charge in [0.25, 0.3) is 11.5 Å². The van der Waals surface area contributed by atoms with Crippen LogP contribution in [0.25, 0.3) is 0 Å². The summed E-state index contributed by atoms with van der Waals surface area (Å²) < 4.78 is 30.2. The Morgan fingerprint density at radius 3 is 2.55 bits per heavy atom. The highest BCUT2D eigenvalue weighted by Crippen LogP contribution is 2.55. The van der Waals surface area contributed by atoms with Crippen LogP contribution in [0, 0.1) is 18.3 Å². The van der Waals surface area contributed by atoms with E-state index in [2.05, 4.69) is 9.97 Å². The van der Waals surface area contributed by atoms with Gasteiger partial charge in [0.05, 0.1) is 11.7 Å². The van der Waals surface area contributed by atoms with Crippen LogP contribution in [0.5, 0.6) is 0 Å². The van der Waals surface area contributed by atoms with Crippen molar-refractivity contribution in [1.82, 2.24) is 14.5 Å². The third kappa shape index (κ3) is 3.59. The lowest BCUT2D eigenvalue weighted by molar-refractivity contribution is -0.0556. The molecule has 2 fully saturated rings. The Morgan fingerprint density at radius 2 is 1.97 bits per heavy atom. The Bertz CT molecular complexity index is 1050. The quantitative estimate of drug-likeness (QED) is 0.741. The van der Waals surface area contributed by atoms with Gasteiger partial charge < -0.3 is 16.4 Å². The monoisotopic (exact) mass is 450 g/mol. The zero-order valence-corrected chi connectivity index (χ0v) is 18.8. The Hall–Kier alpha value is -2.20. The minimum Gasteiger partial charge on any atom is -0.382 e. The summed E-state index contributed by atoms with van der Waals surface area (Å²) in [6.07, 6.45) is 3.19. The molecule has 2 atom stereocenters. The summed E-state index contributed by atoms with van der Waals surface area (Å²) >= 11 is 1.25. The van der Waals surface area contributed by atoms with Gasteiger partial charge in [0.2, 0.25) is 5.95 Å². The zero-order valence-electron chi connectivity index (χ0n) is 17.9. The van der Waals surface area contributed by atoms with Gasteiger partial charge in [-0.3, -0.25) is 14.3 Å². The molecular formula is C21H28F2N6OS. The van der Waals surface area contributed by atoms with Gasteiger partial charge >= 0.3 is 0 Å². The second-order valence-corrected chi connectivity index (χ2v) is 9.84. The first-order chi connectivity index (χ1) is 14.6. The molecule has 3 heterocycles. The highest BCUT2D eigenvalue weighted by atomic mass is 32.2. The minimum absolute atomic E-state index is 0.157. The molecule has 4 rings (SSSR count). The smallest absolute Gasteiger partial charge is 0.270 e. The summed E-state index contributed by atoms with van der Waals surface area (Å²) in [6, 6.07) is 2.55. The van der Waals surface area contributed by atoms with Crippen LogP contribution in [0.3, 0.4) is 0 Å². The average molecular weight is 451 g/mol.